The van der Waals surface area contributed by atoms with Gasteiger partial charge in [-0.2, -0.15) is 0 Å². The van der Waals surface area contributed by atoms with E-state index in [9.17, 15) is 4.79 Å². The molecule has 3 aromatic rings. The summed E-state index contributed by atoms with van der Waals surface area (Å²) >= 11 is 1.40. The van der Waals surface area contributed by atoms with Crippen LogP contribution in [0.2, 0.25) is 0 Å². The summed E-state index contributed by atoms with van der Waals surface area (Å²) in [6, 6.07) is 7.52. The Hall–Kier alpha value is -2.48. The number of carbonyl (C=O) groups is 1. The van der Waals surface area contributed by atoms with E-state index in [2.05, 4.69) is 10.2 Å². The quantitative estimate of drug-likeness (QED) is 0.415. The maximum atomic E-state index is 12.3. The average Bonchev–Trinajstić information content (AvgIpc) is 3.13. The molecule has 0 spiro atoms. The molecule has 7 nitrogen and oxygen atoms in total. The number of benzene rings is 1. The summed E-state index contributed by atoms with van der Waals surface area (Å²) in [6.07, 6.45) is 0. The van der Waals surface area contributed by atoms with Gasteiger partial charge in [0, 0.05) is 22.1 Å². The lowest BCUT2D eigenvalue weighted by molar-refractivity contribution is 0.0491. The second-order valence-electron chi connectivity index (χ2n) is 6.84. The number of ether oxygens (including phenoxy) is 1. The second-order valence-corrected chi connectivity index (χ2v) is 7.78. The highest BCUT2D eigenvalue weighted by Crippen LogP contribution is 2.32. The van der Waals surface area contributed by atoms with Crippen molar-refractivity contribution in [1.29, 1.82) is 0 Å². The number of thioether (sulfide) groups is 1. The van der Waals surface area contributed by atoms with Crippen LogP contribution in [0, 0.1) is 0 Å². The number of fused-ring (bicyclic) bond motifs is 1. The van der Waals surface area contributed by atoms with Crippen LogP contribution in [0.1, 0.15) is 49.6 Å². The van der Waals surface area contributed by atoms with Crippen LogP contribution in [0.15, 0.2) is 33.8 Å². The number of nitrogen functional groups attached to an aromatic ring is 1. The van der Waals surface area contributed by atoms with Gasteiger partial charge in [-0.1, -0.05) is 50.7 Å². The van der Waals surface area contributed by atoms with Crippen LogP contribution >= 0.6 is 11.8 Å². The van der Waals surface area contributed by atoms with Crippen molar-refractivity contribution in [3.8, 4) is 0 Å². The van der Waals surface area contributed by atoms with E-state index in [1.165, 1.54) is 16.4 Å². The van der Waals surface area contributed by atoms with E-state index >= 15 is 0 Å². The highest BCUT2D eigenvalue weighted by atomic mass is 32.2. The molecule has 0 bridgehead atoms. The molecule has 0 aliphatic carbocycles. The molecular formula is C18H22N4O3S. The first-order chi connectivity index (χ1) is 12.3. The summed E-state index contributed by atoms with van der Waals surface area (Å²) in [6.45, 7) is 8.13. The van der Waals surface area contributed by atoms with Gasteiger partial charge < -0.3 is 15.0 Å². The molecule has 0 aliphatic heterocycles. The number of furan rings is 1. The molecule has 0 saturated heterocycles. The van der Waals surface area contributed by atoms with Crippen molar-refractivity contribution in [2.75, 3.05) is 12.4 Å². The topological polar surface area (TPSA) is 96.2 Å². The molecule has 0 atom stereocenters. The van der Waals surface area contributed by atoms with E-state index in [4.69, 9.17) is 15.0 Å². The SMILES string of the molecule is CCOC(=O)c1oc2ccccc2c1CSc1nnc(C(C)(C)C)n1N. The van der Waals surface area contributed by atoms with Crippen LogP contribution in [0.5, 0.6) is 0 Å². The minimum Gasteiger partial charge on any atom is -0.460 e. The fourth-order valence-electron chi connectivity index (χ4n) is 2.63. The van der Waals surface area contributed by atoms with Crippen LogP contribution in [-0.2, 0) is 15.9 Å². The second kappa shape index (κ2) is 7.03. The fourth-order valence-corrected chi connectivity index (χ4v) is 3.51. The van der Waals surface area contributed by atoms with Crippen molar-refractivity contribution < 1.29 is 13.9 Å². The van der Waals surface area contributed by atoms with Gasteiger partial charge in [-0.15, -0.1) is 10.2 Å². The van der Waals surface area contributed by atoms with E-state index in [0.29, 0.717) is 22.3 Å². The van der Waals surface area contributed by atoms with Gasteiger partial charge in [-0.25, -0.2) is 9.47 Å². The third-order valence-electron chi connectivity index (χ3n) is 3.84. The van der Waals surface area contributed by atoms with E-state index in [1.807, 2.05) is 45.0 Å². The largest absolute Gasteiger partial charge is 0.460 e. The van der Waals surface area contributed by atoms with Gasteiger partial charge in [0.25, 0.3) is 0 Å². The molecule has 0 radical (unpaired) electrons. The summed E-state index contributed by atoms with van der Waals surface area (Å²) < 4.78 is 12.3. The predicted molar refractivity (Wildman–Crippen MR) is 101 cm³/mol. The predicted octanol–water partition coefficient (Wildman–Crippen LogP) is 3.50. The number of nitrogens with two attached hydrogens (primary N) is 1. The number of esters is 1. The Balaban J connectivity index is 1.93. The van der Waals surface area contributed by atoms with Gasteiger partial charge in [0.1, 0.15) is 5.58 Å². The third kappa shape index (κ3) is 3.41. The van der Waals surface area contributed by atoms with Gasteiger partial charge in [0.05, 0.1) is 6.61 Å². The highest BCUT2D eigenvalue weighted by molar-refractivity contribution is 7.98. The molecule has 0 aliphatic rings. The summed E-state index contributed by atoms with van der Waals surface area (Å²) in [5.74, 6) is 7.06. The van der Waals surface area contributed by atoms with E-state index in [1.54, 1.807) is 6.92 Å². The normalized spacial score (nSPS) is 11.8. The first-order valence-corrected chi connectivity index (χ1v) is 9.32. The zero-order valence-corrected chi connectivity index (χ0v) is 16.1. The number of hydrogen-bond donors (Lipinski definition) is 1. The van der Waals surface area contributed by atoms with Crippen molar-refractivity contribution in [2.45, 2.75) is 44.0 Å². The van der Waals surface area contributed by atoms with Crippen molar-refractivity contribution in [2.24, 2.45) is 0 Å². The minimum atomic E-state index is -0.469. The summed E-state index contributed by atoms with van der Waals surface area (Å²) in [4.78, 5) is 12.3. The van der Waals surface area contributed by atoms with Crippen molar-refractivity contribution >= 4 is 28.7 Å². The van der Waals surface area contributed by atoms with Crippen LogP contribution in [0.4, 0.5) is 0 Å². The summed E-state index contributed by atoms with van der Waals surface area (Å²) in [5, 5.41) is 9.82. The van der Waals surface area contributed by atoms with Gasteiger partial charge in [0.2, 0.25) is 10.9 Å². The van der Waals surface area contributed by atoms with E-state index in [-0.39, 0.29) is 17.8 Å². The van der Waals surface area contributed by atoms with Crippen molar-refractivity contribution in [1.82, 2.24) is 14.9 Å². The lowest BCUT2D eigenvalue weighted by Gasteiger charge is -2.16. The van der Waals surface area contributed by atoms with Crippen LogP contribution in [0.25, 0.3) is 11.0 Å². The molecule has 3 rings (SSSR count). The Morgan fingerprint density at radius 3 is 2.69 bits per heavy atom. The van der Waals surface area contributed by atoms with E-state index < -0.39 is 5.97 Å². The minimum absolute atomic E-state index is 0.209. The van der Waals surface area contributed by atoms with Gasteiger partial charge in [-0.3, -0.25) is 0 Å². The summed E-state index contributed by atoms with van der Waals surface area (Å²) in [7, 11) is 0. The van der Waals surface area contributed by atoms with Crippen molar-refractivity contribution in [3.05, 3.63) is 41.4 Å². The number of rotatable bonds is 5. The van der Waals surface area contributed by atoms with Gasteiger partial charge in [0.15, 0.2) is 5.82 Å². The maximum Gasteiger partial charge on any atom is 0.374 e. The number of para-hydroxylation sites is 1. The molecule has 26 heavy (non-hydrogen) atoms. The maximum absolute atomic E-state index is 12.3. The molecule has 138 valence electrons. The van der Waals surface area contributed by atoms with Crippen LogP contribution in [-0.4, -0.2) is 27.4 Å². The zero-order chi connectivity index (χ0) is 18.9. The molecule has 2 heterocycles. The molecule has 2 N–H and O–H groups in total. The molecule has 1 aromatic carbocycles. The number of carbonyl (C=O) groups excluding carboxylic acids is 1. The molecule has 0 fully saturated rings. The molecule has 8 heteroatoms. The first-order valence-electron chi connectivity index (χ1n) is 8.34. The van der Waals surface area contributed by atoms with Crippen LogP contribution in [0.3, 0.4) is 0 Å². The number of aromatic nitrogens is 3. The van der Waals surface area contributed by atoms with Crippen LogP contribution < -0.4 is 5.84 Å². The molecular weight excluding hydrogens is 352 g/mol. The smallest absolute Gasteiger partial charge is 0.374 e. The van der Waals surface area contributed by atoms with E-state index in [0.717, 1.165) is 10.9 Å². The Kier molecular flexibility index (Phi) is 4.95. The Morgan fingerprint density at radius 1 is 1.31 bits per heavy atom. The standard InChI is InChI=1S/C18H22N4O3S/c1-5-24-15(23)14-12(11-8-6-7-9-13(11)25-14)10-26-17-21-20-16(22(17)19)18(2,3)4/h6-9H,5,10,19H2,1-4H3. The monoisotopic (exact) mass is 374 g/mol. The Morgan fingerprint density at radius 2 is 2.04 bits per heavy atom. The van der Waals surface area contributed by atoms with Crippen molar-refractivity contribution in [3.63, 3.8) is 0 Å². The number of nitrogens with zero attached hydrogens (tertiary/aromatic N) is 3. The Labute approximate surface area is 155 Å². The first kappa shape index (κ1) is 18.3. The molecule has 0 unspecified atom stereocenters. The molecule has 2 aromatic heterocycles. The summed E-state index contributed by atoms with van der Waals surface area (Å²) in [5.41, 5.74) is 1.21. The average molecular weight is 374 g/mol. The molecule has 0 saturated carbocycles. The zero-order valence-electron chi connectivity index (χ0n) is 15.3. The Bertz CT molecular complexity index is 940. The fraction of sp³-hybridized carbons (Fsp3) is 0.389. The molecule has 0 amide bonds. The van der Waals surface area contributed by atoms with Gasteiger partial charge in [-0.05, 0) is 13.0 Å². The number of hydrogen-bond acceptors (Lipinski definition) is 7. The van der Waals surface area contributed by atoms with Gasteiger partial charge >= 0.3 is 5.97 Å². The highest BCUT2D eigenvalue weighted by Gasteiger charge is 2.25. The lowest BCUT2D eigenvalue weighted by atomic mass is 9.96. The lowest BCUT2D eigenvalue weighted by Crippen LogP contribution is -2.24. The third-order valence-corrected chi connectivity index (χ3v) is 4.81.